The van der Waals surface area contributed by atoms with E-state index in [4.69, 9.17) is 0 Å². The molecule has 0 unspecified atom stereocenters. The molecule has 2 nitrogen and oxygen atoms in total. The smallest absolute Gasteiger partial charge is 0.222 e. The van der Waals surface area contributed by atoms with Gasteiger partial charge in [-0.1, -0.05) is 20.8 Å². The molecule has 0 radical (unpaired) electrons. The maximum absolute atomic E-state index is 10.9. The van der Waals surface area contributed by atoms with E-state index in [0.29, 0.717) is 12.5 Å². The van der Waals surface area contributed by atoms with Crippen LogP contribution in [0.15, 0.2) is 0 Å². The second-order valence-corrected chi connectivity index (χ2v) is 2.45. The SMILES string of the molecule is CC.CCC(=O)N(C)C(C)C. The van der Waals surface area contributed by atoms with Crippen LogP contribution in [0.4, 0.5) is 0 Å². The standard InChI is InChI=1S/C7H15NO.C2H6/c1-5-7(9)8(4)6(2)3;1-2/h6H,5H2,1-4H3;1-2H3. The minimum atomic E-state index is 0.213. The van der Waals surface area contributed by atoms with E-state index < -0.39 is 0 Å². The number of carbonyl (C=O) groups excluding carboxylic acids is 1. The van der Waals surface area contributed by atoms with E-state index in [1.54, 1.807) is 4.90 Å². The zero-order valence-corrected chi connectivity index (χ0v) is 8.64. The molecule has 0 aromatic heterocycles. The lowest BCUT2D eigenvalue weighted by molar-refractivity contribution is -0.130. The predicted octanol–water partition coefficient (Wildman–Crippen LogP) is 2.29. The topological polar surface area (TPSA) is 20.3 Å². The minimum Gasteiger partial charge on any atom is -0.343 e. The monoisotopic (exact) mass is 159 g/mol. The van der Waals surface area contributed by atoms with Gasteiger partial charge in [-0.05, 0) is 13.8 Å². The molecule has 0 fully saturated rings. The number of amides is 1. The van der Waals surface area contributed by atoms with Gasteiger partial charge in [0.25, 0.3) is 0 Å². The summed E-state index contributed by atoms with van der Waals surface area (Å²) in [7, 11) is 1.83. The first-order valence-corrected chi connectivity index (χ1v) is 4.35. The van der Waals surface area contributed by atoms with Crippen LogP contribution in [0.3, 0.4) is 0 Å². The average Bonchev–Trinajstić information content (AvgIpc) is 2.05. The van der Waals surface area contributed by atoms with Crippen LogP contribution < -0.4 is 0 Å². The summed E-state index contributed by atoms with van der Waals surface area (Å²) in [5.74, 6) is 0.213. The normalized spacial score (nSPS) is 8.64. The van der Waals surface area contributed by atoms with Gasteiger partial charge >= 0.3 is 0 Å². The summed E-state index contributed by atoms with van der Waals surface area (Å²) in [6.45, 7) is 9.89. The second kappa shape index (κ2) is 7.58. The number of carbonyl (C=O) groups is 1. The van der Waals surface area contributed by atoms with Crippen LogP contribution in [-0.2, 0) is 4.79 Å². The highest BCUT2D eigenvalue weighted by Gasteiger charge is 2.07. The molecule has 0 aromatic carbocycles. The van der Waals surface area contributed by atoms with Gasteiger partial charge in [0, 0.05) is 19.5 Å². The molecular weight excluding hydrogens is 138 g/mol. The van der Waals surface area contributed by atoms with Crippen LogP contribution in [0, 0.1) is 0 Å². The van der Waals surface area contributed by atoms with E-state index in [1.807, 2.05) is 41.7 Å². The highest BCUT2D eigenvalue weighted by atomic mass is 16.2. The van der Waals surface area contributed by atoms with E-state index >= 15 is 0 Å². The Balaban J connectivity index is 0. The first-order valence-electron chi connectivity index (χ1n) is 4.35. The molecule has 1 amide bonds. The molecule has 0 aliphatic heterocycles. The molecule has 11 heavy (non-hydrogen) atoms. The Morgan fingerprint density at radius 3 is 1.82 bits per heavy atom. The summed E-state index contributed by atoms with van der Waals surface area (Å²) in [5.41, 5.74) is 0. The molecule has 0 atom stereocenters. The van der Waals surface area contributed by atoms with E-state index in [0.717, 1.165) is 0 Å². The van der Waals surface area contributed by atoms with Crippen molar-refractivity contribution in [3.8, 4) is 0 Å². The largest absolute Gasteiger partial charge is 0.343 e. The molecule has 0 bridgehead atoms. The third-order valence-corrected chi connectivity index (χ3v) is 1.47. The Labute approximate surface area is 70.6 Å². The van der Waals surface area contributed by atoms with Gasteiger partial charge in [-0.25, -0.2) is 0 Å². The van der Waals surface area contributed by atoms with E-state index in [1.165, 1.54) is 0 Å². The van der Waals surface area contributed by atoms with Gasteiger partial charge in [-0.15, -0.1) is 0 Å². The molecule has 0 aromatic rings. The van der Waals surface area contributed by atoms with Gasteiger partial charge in [0.1, 0.15) is 0 Å². The van der Waals surface area contributed by atoms with E-state index in [2.05, 4.69) is 0 Å². The maximum Gasteiger partial charge on any atom is 0.222 e. The van der Waals surface area contributed by atoms with Crippen molar-refractivity contribution in [1.82, 2.24) is 4.90 Å². The second-order valence-electron chi connectivity index (χ2n) is 2.45. The van der Waals surface area contributed by atoms with E-state index in [-0.39, 0.29) is 5.91 Å². The fourth-order valence-corrected chi connectivity index (χ4v) is 0.537. The quantitative estimate of drug-likeness (QED) is 0.605. The summed E-state index contributed by atoms with van der Waals surface area (Å²) in [6.07, 6.45) is 0.606. The zero-order valence-electron chi connectivity index (χ0n) is 8.64. The Hall–Kier alpha value is -0.530. The van der Waals surface area contributed by atoms with Gasteiger partial charge < -0.3 is 4.90 Å². The molecule has 0 N–H and O–H groups in total. The molecule has 0 rings (SSSR count). The third kappa shape index (κ3) is 5.89. The fourth-order valence-electron chi connectivity index (χ4n) is 0.537. The van der Waals surface area contributed by atoms with Crippen molar-refractivity contribution in [2.75, 3.05) is 7.05 Å². The van der Waals surface area contributed by atoms with Crippen LogP contribution in [0.1, 0.15) is 41.0 Å². The predicted molar refractivity (Wildman–Crippen MR) is 49.5 cm³/mol. The summed E-state index contributed by atoms with van der Waals surface area (Å²) in [5, 5.41) is 0. The Bertz CT molecular complexity index is 99.7. The lowest BCUT2D eigenvalue weighted by atomic mass is 10.3. The first-order chi connectivity index (χ1) is 5.09. The van der Waals surface area contributed by atoms with Crippen molar-refractivity contribution in [1.29, 1.82) is 0 Å². The van der Waals surface area contributed by atoms with Gasteiger partial charge in [-0.3, -0.25) is 4.79 Å². The van der Waals surface area contributed by atoms with Crippen LogP contribution in [0.25, 0.3) is 0 Å². The molecule has 0 heterocycles. The van der Waals surface area contributed by atoms with Crippen molar-refractivity contribution in [3.63, 3.8) is 0 Å². The molecule has 0 saturated heterocycles. The fraction of sp³-hybridized carbons (Fsp3) is 0.889. The Morgan fingerprint density at radius 1 is 1.36 bits per heavy atom. The molecule has 0 saturated carbocycles. The summed E-state index contributed by atoms with van der Waals surface area (Å²) in [6, 6.07) is 0.331. The van der Waals surface area contributed by atoms with Crippen molar-refractivity contribution >= 4 is 5.91 Å². The Kier molecular flexibility index (Phi) is 9.01. The maximum atomic E-state index is 10.9. The van der Waals surface area contributed by atoms with Crippen molar-refractivity contribution in [2.24, 2.45) is 0 Å². The number of nitrogens with zero attached hydrogens (tertiary/aromatic N) is 1. The molecule has 0 spiro atoms. The molecule has 0 aliphatic carbocycles. The zero-order chi connectivity index (χ0) is 9.44. The minimum absolute atomic E-state index is 0.213. The van der Waals surface area contributed by atoms with Gasteiger partial charge in [0.05, 0.1) is 0 Å². The van der Waals surface area contributed by atoms with Crippen molar-refractivity contribution in [3.05, 3.63) is 0 Å². The summed E-state index contributed by atoms with van der Waals surface area (Å²) >= 11 is 0. The van der Waals surface area contributed by atoms with Gasteiger partial charge in [-0.2, -0.15) is 0 Å². The highest BCUT2D eigenvalue weighted by molar-refractivity contribution is 5.75. The highest BCUT2D eigenvalue weighted by Crippen LogP contribution is 1.95. The van der Waals surface area contributed by atoms with Gasteiger partial charge in [0.2, 0.25) is 5.91 Å². The molecular formula is C9H21NO. The number of rotatable bonds is 2. The number of hydrogen-bond acceptors (Lipinski definition) is 1. The molecule has 68 valence electrons. The number of hydrogen-bond donors (Lipinski definition) is 0. The first kappa shape index (κ1) is 13.1. The van der Waals surface area contributed by atoms with Crippen LogP contribution in [0.2, 0.25) is 0 Å². The third-order valence-electron chi connectivity index (χ3n) is 1.47. The lowest BCUT2D eigenvalue weighted by Crippen LogP contribution is -2.32. The van der Waals surface area contributed by atoms with Crippen molar-refractivity contribution < 1.29 is 4.79 Å². The molecule has 0 aliphatic rings. The van der Waals surface area contributed by atoms with Crippen LogP contribution in [0.5, 0.6) is 0 Å². The summed E-state index contributed by atoms with van der Waals surface area (Å²) < 4.78 is 0. The Morgan fingerprint density at radius 2 is 1.73 bits per heavy atom. The van der Waals surface area contributed by atoms with Crippen LogP contribution >= 0.6 is 0 Å². The van der Waals surface area contributed by atoms with Crippen LogP contribution in [-0.4, -0.2) is 23.9 Å². The lowest BCUT2D eigenvalue weighted by Gasteiger charge is -2.20. The van der Waals surface area contributed by atoms with Crippen molar-refractivity contribution in [2.45, 2.75) is 47.1 Å². The average molecular weight is 159 g/mol. The summed E-state index contributed by atoms with van der Waals surface area (Å²) in [4.78, 5) is 12.6. The van der Waals surface area contributed by atoms with Gasteiger partial charge in [0.15, 0.2) is 0 Å². The van der Waals surface area contributed by atoms with E-state index in [9.17, 15) is 4.79 Å². The molecule has 2 heteroatoms.